The van der Waals surface area contributed by atoms with Crippen LogP contribution in [0.15, 0.2) is 70.9 Å². The van der Waals surface area contributed by atoms with E-state index in [1.54, 1.807) is 30.3 Å². The van der Waals surface area contributed by atoms with Crippen molar-refractivity contribution < 1.29 is 18.0 Å². The minimum Gasteiger partial charge on any atom is -0.326 e. The standard InChI is InChI=1S/C23H25N3O4S2/c1-23(2,3)22(28)26-18-9-5-8-17(14-18)25-21(27)16-7-4-11-20(13-16)32(29,30)24-15-19-10-6-12-31-19/h4-14,24H,15H2,1-3H3,(H,25,27)(H,26,28). The van der Waals surface area contributed by atoms with Gasteiger partial charge in [-0.1, -0.05) is 39.0 Å². The number of anilines is 2. The number of carbonyl (C=O) groups excluding carboxylic acids is 2. The maximum absolute atomic E-state index is 12.7. The van der Waals surface area contributed by atoms with Gasteiger partial charge in [0.05, 0.1) is 4.90 Å². The van der Waals surface area contributed by atoms with Crippen LogP contribution in [0, 0.1) is 5.41 Å². The van der Waals surface area contributed by atoms with Gasteiger partial charge in [0.2, 0.25) is 15.9 Å². The lowest BCUT2D eigenvalue weighted by Gasteiger charge is -2.18. The van der Waals surface area contributed by atoms with Crippen molar-refractivity contribution in [2.75, 3.05) is 10.6 Å². The second kappa shape index (κ2) is 9.64. The van der Waals surface area contributed by atoms with Crippen molar-refractivity contribution >= 4 is 44.5 Å². The number of hydrogen-bond acceptors (Lipinski definition) is 5. The van der Waals surface area contributed by atoms with Gasteiger partial charge in [-0.25, -0.2) is 13.1 Å². The first-order valence-electron chi connectivity index (χ1n) is 9.89. The van der Waals surface area contributed by atoms with E-state index >= 15 is 0 Å². The summed E-state index contributed by atoms with van der Waals surface area (Å²) in [5.41, 5.74) is 0.679. The summed E-state index contributed by atoms with van der Waals surface area (Å²) in [5, 5.41) is 7.43. The maximum atomic E-state index is 12.7. The quantitative estimate of drug-likeness (QED) is 0.473. The Balaban J connectivity index is 1.71. The molecule has 0 saturated carbocycles. The van der Waals surface area contributed by atoms with Gasteiger partial charge in [0.25, 0.3) is 5.91 Å². The first-order valence-corrected chi connectivity index (χ1v) is 12.3. The van der Waals surface area contributed by atoms with Crippen LogP contribution in [0.1, 0.15) is 36.0 Å². The Kier molecular flexibility index (Phi) is 7.12. The van der Waals surface area contributed by atoms with Gasteiger partial charge in [0, 0.05) is 33.8 Å². The van der Waals surface area contributed by atoms with Crippen LogP contribution in [0.3, 0.4) is 0 Å². The van der Waals surface area contributed by atoms with Gasteiger partial charge in [-0.3, -0.25) is 9.59 Å². The summed E-state index contributed by atoms with van der Waals surface area (Å²) < 4.78 is 27.8. The fourth-order valence-electron chi connectivity index (χ4n) is 2.66. The van der Waals surface area contributed by atoms with E-state index in [1.807, 2.05) is 38.3 Å². The zero-order valence-electron chi connectivity index (χ0n) is 18.0. The Morgan fingerprint density at radius 1 is 0.906 bits per heavy atom. The molecule has 0 spiro atoms. The molecule has 1 heterocycles. The first-order chi connectivity index (χ1) is 15.0. The molecule has 0 bridgehead atoms. The largest absolute Gasteiger partial charge is 0.326 e. The highest BCUT2D eigenvalue weighted by molar-refractivity contribution is 7.89. The molecule has 0 aliphatic carbocycles. The molecule has 0 atom stereocenters. The average molecular weight is 472 g/mol. The van der Waals surface area contributed by atoms with Crippen molar-refractivity contribution in [3.63, 3.8) is 0 Å². The fourth-order valence-corrected chi connectivity index (χ4v) is 4.45. The van der Waals surface area contributed by atoms with Crippen LogP contribution in [0.2, 0.25) is 0 Å². The van der Waals surface area contributed by atoms with Crippen LogP contribution in [-0.4, -0.2) is 20.2 Å². The Hall–Kier alpha value is -3.01. The predicted molar refractivity (Wildman–Crippen MR) is 127 cm³/mol. The lowest BCUT2D eigenvalue weighted by atomic mass is 9.95. The molecule has 9 heteroatoms. The highest BCUT2D eigenvalue weighted by Gasteiger charge is 2.21. The summed E-state index contributed by atoms with van der Waals surface area (Å²) in [6.45, 7) is 5.61. The van der Waals surface area contributed by atoms with Crippen molar-refractivity contribution in [2.45, 2.75) is 32.2 Å². The summed E-state index contributed by atoms with van der Waals surface area (Å²) in [6.07, 6.45) is 0. The van der Waals surface area contributed by atoms with Crippen molar-refractivity contribution in [3.8, 4) is 0 Å². The maximum Gasteiger partial charge on any atom is 0.255 e. The molecule has 0 saturated heterocycles. The van der Waals surface area contributed by atoms with Crippen LogP contribution in [0.25, 0.3) is 0 Å². The highest BCUT2D eigenvalue weighted by Crippen LogP contribution is 2.21. The van der Waals surface area contributed by atoms with Gasteiger partial charge in [-0.15, -0.1) is 11.3 Å². The molecule has 2 aromatic carbocycles. The highest BCUT2D eigenvalue weighted by atomic mass is 32.2. The van der Waals surface area contributed by atoms with E-state index in [0.717, 1.165) is 4.88 Å². The molecule has 3 rings (SSSR count). The minimum atomic E-state index is -3.77. The Labute approximate surface area is 191 Å². The van der Waals surface area contributed by atoms with Gasteiger partial charge in [0.15, 0.2) is 0 Å². The third-order valence-corrected chi connectivity index (χ3v) is 6.76. The van der Waals surface area contributed by atoms with Crippen LogP contribution < -0.4 is 15.4 Å². The topological polar surface area (TPSA) is 104 Å². The van der Waals surface area contributed by atoms with Gasteiger partial charge in [-0.2, -0.15) is 0 Å². The molecule has 0 aliphatic heterocycles. The second-order valence-corrected chi connectivity index (χ2v) is 11.0. The summed E-state index contributed by atoms with van der Waals surface area (Å²) >= 11 is 1.46. The third-order valence-electron chi connectivity index (χ3n) is 4.48. The van der Waals surface area contributed by atoms with Gasteiger partial charge in [0.1, 0.15) is 0 Å². The lowest BCUT2D eigenvalue weighted by molar-refractivity contribution is -0.123. The van der Waals surface area contributed by atoms with E-state index in [0.29, 0.717) is 11.4 Å². The van der Waals surface area contributed by atoms with Crippen molar-refractivity contribution in [1.82, 2.24) is 4.72 Å². The molecule has 1 aromatic heterocycles. The van der Waals surface area contributed by atoms with E-state index in [9.17, 15) is 18.0 Å². The van der Waals surface area contributed by atoms with Gasteiger partial charge in [-0.05, 0) is 47.8 Å². The molecule has 0 aliphatic rings. The smallest absolute Gasteiger partial charge is 0.255 e. The number of carbonyl (C=O) groups is 2. The molecule has 2 amide bonds. The monoisotopic (exact) mass is 471 g/mol. The molecule has 32 heavy (non-hydrogen) atoms. The van der Waals surface area contributed by atoms with Crippen LogP contribution in [-0.2, 0) is 21.4 Å². The Morgan fingerprint density at radius 2 is 1.59 bits per heavy atom. The summed E-state index contributed by atoms with van der Waals surface area (Å²) in [6, 6.07) is 16.3. The number of benzene rings is 2. The van der Waals surface area contributed by atoms with Crippen molar-refractivity contribution in [2.24, 2.45) is 5.41 Å². The molecule has 3 N–H and O–H groups in total. The number of hydrogen-bond donors (Lipinski definition) is 3. The summed E-state index contributed by atoms with van der Waals surface area (Å²) in [5.74, 6) is -0.603. The Morgan fingerprint density at radius 3 is 2.25 bits per heavy atom. The van der Waals surface area contributed by atoms with Gasteiger partial charge >= 0.3 is 0 Å². The van der Waals surface area contributed by atoms with Crippen LogP contribution >= 0.6 is 11.3 Å². The van der Waals surface area contributed by atoms with Gasteiger partial charge < -0.3 is 10.6 Å². The molecule has 3 aromatic rings. The first kappa shape index (κ1) is 23.6. The molecule has 0 fully saturated rings. The molecule has 168 valence electrons. The molecular weight excluding hydrogens is 446 g/mol. The Bertz CT molecular complexity index is 1210. The fraction of sp³-hybridized carbons (Fsp3) is 0.217. The second-order valence-electron chi connectivity index (χ2n) is 8.17. The van der Waals surface area contributed by atoms with E-state index in [2.05, 4.69) is 15.4 Å². The zero-order valence-corrected chi connectivity index (χ0v) is 19.6. The van der Waals surface area contributed by atoms with Crippen molar-refractivity contribution in [3.05, 3.63) is 76.5 Å². The molecular formula is C23H25N3O4S2. The minimum absolute atomic E-state index is 0.00731. The lowest BCUT2D eigenvalue weighted by Crippen LogP contribution is -2.27. The van der Waals surface area contributed by atoms with E-state index in [4.69, 9.17) is 0 Å². The van der Waals surface area contributed by atoms with E-state index < -0.39 is 21.3 Å². The SMILES string of the molecule is CC(C)(C)C(=O)Nc1cccc(NC(=O)c2cccc(S(=O)(=O)NCc3cccs3)c2)c1. The van der Waals surface area contributed by atoms with Crippen LogP contribution in [0.4, 0.5) is 11.4 Å². The predicted octanol–water partition coefficient (Wildman–Crippen LogP) is 4.46. The number of nitrogens with one attached hydrogen (secondary N) is 3. The summed E-state index contributed by atoms with van der Waals surface area (Å²) in [7, 11) is -3.77. The number of sulfonamides is 1. The summed E-state index contributed by atoms with van der Waals surface area (Å²) in [4.78, 5) is 25.8. The molecule has 0 radical (unpaired) electrons. The average Bonchev–Trinajstić information content (AvgIpc) is 3.26. The normalized spacial score (nSPS) is 11.7. The van der Waals surface area contributed by atoms with Crippen molar-refractivity contribution in [1.29, 1.82) is 0 Å². The number of amides is 2. The number of thiophene rings is 1. The van der Waals surface area contributed by atoms with Crippen LogP contribution in [0.5, 0.6) is 0 Å². The number of rotatable bonds is 7. The third kappa shape index (κ3) is 6.25. The molecule has 7 nitrogen and oxygen atoms in total. The van der Waals surface area contributed by atoms with E-state index in [-0.39, 0.29) is 22.9 Å². The zero-order chi connectivity index (χ0) is 23.4. The molecule has 0 unspecified atom stereocenters. The van der Waals surface area contributed by atoms with E-state index in [1.165, 1.54) is 29.5 Å².